The van der Waals surface area contributed by atoms with Crippen molar-refractivity contribution in [1.82, 2.24) is 15.1 Å². The lowest BCUT2D eigenvalue weighted by Gasteiger charge is -2.12. The summed E-state index contributed by atoms with van der Waals surface area (Å²) in [4.78, 5) is 1.37. The van der Waals surface area contributed by atoms with Crippen molar-refractivity contribution in [3.8, 4) is 0 Å². The van der Waals surface area contributed by atoms with Crippen LogP contribution in [0.25, 0.3) is 0 Å². The van der Waals surface area contributed by atoms with E-state index in [1.165, 1.54) is 16.1 Å². The molecule has 2 aromatic rings. The van der Waals surface area contributed by atoms with Gasteiger partial charge in [0.05, 0.1) is 18.8 Å². The van der Waals surface area contributed by atoms with Crippen LogP contribution in [-0.2, 0) is 17.8 Å². The van der Waals surface area contributed by atoms with Crippen molar-refractivity contribution in [2.75, 3.05) is 13.7 Å². The monoisotopic (exact) mass is 293 g/mol. The molecule has 2 heterocycles. The van der Waals surface area contributed by atoms with E-state index in [1.54, 1.807) is 18.4 Å². The van der Waals surface area contributed by atoms with Crippen LogP contribution in [-0.4, -0.2) is 23.5 Å². The fourth-order valence-electron chi connectivity index (χ4n) is 2.28. The molecule has 20 heavy (non-hydrogen) atoms. The fourth-order valence-corrected chi connectivity index (χ4v) is 3.04. The summed E-state index contributed by atoms with van der Waals surface area (Å²) >= 11 is 1.79. The Hall–Kier alpha value is -1.17. The lowest BCUT2D eigenvalue weighted by atomic mass is 10.2. The van der Waals surface area contributed by atoms with Gasteiger partial charge >= 0.3 is 0 Å². The minimum atomic E-state index is 0.371. The Labute approximate surface area is 124 Å². The maximum atomic E-state index is 5.12. The Balaban J connectivity index is 2.00. The number of nitrogens with zero attached hydrogens (tertiary/aromatic N) is 2. The van der Waals surface area contributed by atoms with Crippen LogP contribution in [0.1, 0.15) is 34.8 Å². The number of hydrogen-bond acceptors (Lipinski definition) is 4. The first kappa shape index (κ1) is 15.2. The van der Waals surface area contributed by atoms with Crippen LogP contribution in [0, 0.1) is 13.8 Å². The Morgan fingerprint density at radius 3 is 2.90 bits per heavy atom. The third-order valence-corrected chi connectivity index (χ3v) is 4.65. The van der Waals surface area contributed by atoms with Crippen LogP contribution in [0.3, 0.4) is 0 Å². The van der Waals surface area contributed by atoms with Gasteiger partial charge in [-0.05, 0) is 32.2 Å². The average molecular weight is 293 g/mol. The highest BCUT2D eigenvalue weighted by Crippen LogP contribution is 2.20. The summed E-state index contributed by atoms with van der Waals surface area (Å²) in [5.74, 6) is 0. The van der Waals surface area contributed by atoms with Gasteiger partial charge in [-0.25, -0.2) is 0 Å². The van der Waals surface area contributed by atoms with E-state index in [1.807, 2.05) is 4.68 Å². The summed E-state index contributed by atoms with van der Waals surface area (Å²) in [6.07, 6.45) is 0. The second-order valence-corrected chi connectivity index (χ2v) is 5.96. The van der Waals surface area contributed by atoms with Crippen molar-refractivity contribution in [1.29, 1.82) is 0 Å². The van der Waals surface area contributed by atoms with E-state index in [9.17, 15) is 0 Å². The van der Waals surface area contributed by atoms with Gasteiger partial charge in [0, 0.05) is 35.8 Å². The Kier molecular flexibility index (Phi) is 5.34. The van der Waals surface area contributed by atoms with Gasteiger partial charge in [0.2, 0.25) is 0 Å². The molecule has 0 aliphatic carbocycles. The topological polar surface area (TPSA) is 39.1 Å². The molecule has 0 saturated heterocycles. The van der Waals surface area contributed by atoms with Gasteiger partial charge in [0.15, 0.2) is 0 Å². The highest BCUT2D eigenvalue weighted by Gasteiger charge is 2.13. The summed E-state index contributed by atoms with van der Waals surface area (Å²) in [5, 5.41) is 10.3. The van der Waals surface area contributed by atoms with Gasteiger partial charge in [-0.2, -0.15) is 5.10 Å². The smallest absolute Gasteiger partial charge is 0.0658 e. The first-order valence-corrected chi connectivity index (χ1v) is 7.80. The average Bonchev–Trinajstić information content (AvgIpc) is 3.04. The lowest BCUT2D eigenvalue weighted by Crippen LogP contribution is -2.18. The van der Waals surface area contributed by atoms with Crippen LogP contribution in [0.15, 0.2) is 17.5 Å². The van der Waals surface area contributed by atoms with E-state index >= 15 is 0 Å². The maximum Gasteiger partial charge on any atom is 0.0658 e. The van der Waals surface area contributed by atoms with E-state index < -0.39 is 0 Å². The standard InChI is InChI=1S/C15H23N3OS/c1-11-14(13(3)18(17-11)7-8-19-4)10-16-12(2)15-6-5-9-20-15/h5-6,9,12,16H,7-8,10H2,1-4H3/t12-/m1/s1. The fraction of sp³-hybridized carbons (Fsp3) is 0.533. The molecule has 0 amide bonds. The van der Waals surface area contributed by atoms with Crippen LogP contribution >= 0.6 is 11.3 Å². The van der Waals surface area contributed by atoms with E-state index in [-0.39, 0.29) is 0 Å². The molecule has 0 radical (unpaired) electrons. The molecular weight excluding hydrogens is 270 g/mol. The van der Waals surface area contributed by atoms with Crippen molar-refractivity contribution in [3.05, 3.63) is 39.3 Å². The first-order chi connectivity index (χ1) is 9.63. The molecule has 0 bridgehead atoms. The number of nitrogens with one attached hydrogen (secondary N) is 1. The Morgan fingerprint density at radius 2 is 2.25 bits per heavy atom. The molecule has 2 aromatic heterocycles. The third-order valence-electron chi connectivity index (χ3n) is 3.59. The number of rotatable bonds is 7. The van der Waals surface area contributed by atoms with Crippen molar-refractivity contribution in [2.24, 2.45) is 0 Å². The van der Waals surface area contributed by atoms with Gasteiger partial charge in [0.1, 0.15) is 0 Å². The number of hydrogen-bond donors (Lipinski definition) is 1. The Bertz CT molecular complexity index is 534. The second kappa shape index (κ2) is 7.02. The predicted molar refractivity (Wildman–Crippen MR) is 83.2 cm³/mol. The molecule has 0 aliphatic heterocycles. The summed E-state index contributed by atoms with van der Waals surface area (Å²) < 4.78 is 7.16. The molecule has 2 rings (SSSR count). The first-order valence-electron chi connectivity index (χ1n) is 6.92. The van der Waals surface area contributed by atoms with E-state index in [4.69, 9.17) is 4.74 Å². The zero-order valence-electron chi connectivity index (χ0n) is 12.6. The number of methoxy groups -OCH3 is 1. The largest absolute Gasteiger partial charge is 0.383 e. The quantitative estimate of drug-likeness (QED) is 0.853. The van der Waals surface area contributed by atoms with E-state index in [0.29, 0.717) is 12.6 Å². The maximum absolute atomic E-state index is 5.12. The highest BCUT2D eigenvalue weighted by atomic mass is 32.1. The summed E-state index contributed by atoms with van der Waals surface area (Å²) in [7, 11) is 1.72. The van der Waals surface area contributed by atoms with Gasteiger partial charge < -0.3 is 10.1 Å². The van der Waals surface area contributed by atoms with Gasteiger partial charge in [-0.15, -0.1) is 11.3 Å². The summed E-state index contributed by atoms with van der Waals surface area (Å²) in [6.45, 7) is 8.76. The van der Waals surface area contributed by atoms with Crippen molar-refractivity contribution in [2.45, 2.75) is 39.9 Å². The molecule has 1 N–H and O–H groups in total. The second-order valence-electron chi connectivity index (χ2n) is 4.98. The number of ether oxygens (including phenoxy) is 1. The molecule has 1 atom stereocenters. The minimum Gasteiger partial charge on any atom is -0.383 e. The molecule has 0 aromatic carbocycles. The summed E-state index contributed by atoms with van der Waals surface area (Å²) in [5.41, 5.74) is 3.62. The van der Waals surface area contributed by atoms with Crippen molar-refractivity contribution >= 4 is 11.3 Å². The van der Waals surface area contributed by atoms with Crippen LogP contribution < -0.4 is 5.32 Å². The SMILES string of the molecule is COCCn1nc(C)c(CN[C@H](C)c2cccs2)c1C. The molecule has 5 heteroatoms. The summed E-state index contributed by atoms with van der Waals surface area (Å²) in [6, 6.07) is 4.64. The van der Waals surface area contributed by atoms with Crippen LogP contribution in [0.5, 0.6) is 0 Å². The number of aromatic nitrogens is 2. The third kappa shape index (κ3) is 3.48. The Morgan fingerprint density at radius 1 is 1.45 bits per heavy atom. The number of aryl methyl sites for hydroxylation is 1. The van der Waals surface area contributed by atoms with Gasteiger partial charge in [-0.3, -0.25) is 4.68 Å². The van der Waals surface area contributed by atoms with E-state index in [2.05, 4.69) is 48.7 Å². The van der Waals surface area contributed by atoms with Crippen LogP contribution in [0.4, 0.5) is 0 Å². The zero-order chi connectivity index (χ0) is 14.5. The zero-order valence-corrected chi connectivity index (χ0v) is 13.5. The van der Waals surface area contributed by atoms with Gasteiger partial charge in [-0.1, -0.05) is 6.07 Å². The van der Waals surface area contributed by atoms with Gasteiger partial charge in [0.25, 0.3) is 0 Å². The highest BCUT2D eigenvalue weighted by molar-refractivity contribution is 7.10. The van der Waals surface area contributed by atoms with E-state index in [0.717, 1.165) is 18.8 Å². The minimum absolute atomic E-state index is 0.371. The molecule has 4 nitrogen and oxygen atoms in total. The molecule has 0 aliphatic rings. The van der Waals surface area contributed by atoms with Crippen molar-refractivity contribution in [3.63, 3.8) is 0 Å². The normalized spacial score (nSPS) is 12.8. The molecule has 110 valence electrons. The molecule has 0 fully saturated rings. The molecular formula is C15H23N3OS. The molecule has 0 unspecified atom stereocenters. The lowest BCUT2D eigenvalue weighted by molar-refractivity contribution is 0.182. The molecule has 0 saturated carbocycles. The predicted octanol–water partition coefficient (Wildman–Crippen LogP) is 3.06. The number of thiophene rings is 1. The van der Waals surface area contributed by atoms with Crippen molar-refractivity contribution < 1.29 is 4.74 Å². The molecule has 0 spiro atoms. The van der Waals surface area contributed by atoms with Crippen LogP contribution in [0.2, 0.25) is 0 Å².